The molecule has 0 heterocycles. The average Bonchev–Trinajstić information content (AvgIpc) is 2.48. The Bertz CT molecular complexity index is 764. The van der Waals surface area contributed by atoms with Gasteiger partial charge < -0.3 is 5.11 Å². The number of hydrogen-bond acceptors (Lipinski definition) is 1. The maximum absolute atomic E-state index is 13.8. The van der Waals surface area contributed by atoms with Crippen LogP contribution in [0.2, 0.25) is 0 Å². The van der Waals surface area contributed by atoms with E-state index in [4.69, 9.17) is 0 Å². The molecule has 0 spiro atoms. The lowest BCUT2D eigenvalue weighted by Gasteiger charge is -2.16. The van der Waals surface area contributed by atoms with Crippen LogP contribution in [0, 0.1) is 12.7 Å². The van der Waals surface area contributed by atoms with E-state index in [1.807, 2.05) is 43.3 Å². The maximum Gasteiger partial charge on any atom is 0.131 e. The summed E-state index contributed by atoms with van der Waals surface area (Å²) in [4.78, 5) is 0. The second-order valence-electron chi connectivity index (χ2n) is 4.94. The van der Waals surface area contributed by atoms with Crippen LogP contribution in [0.25, 0.3) is 10.8 Å². The van der Waals surface area contributed by atoms with E-state index in [0.29, 0.717) is 5.39 Å². The molecule has 0 aliphatic rings. The van der Waals surface area contributed by atoms with E-state index in [-0.39, 0.29) is 5.82 Å². The first-order valence-corrected chi connectivity index (χ1v) is 6.59. The molecule has 0 amide bonds. The Morgan fingerprint density at radius 2 is 1.45 bits per heavy atom. The summed E-state index contributed by atoms with van der Waals surface area (Å²) in [6, 6.07) is 18.0. The van der Waals surface area contributed by atoms with Crippen LogP contribution in [0.4, 0.5) is 4.39 Å². The third kappa shape index (κ3) is 2.08. The highest BCUT2D eigenvalue weighted by Gasteiger charge is 2.16. The molecule has 1 nitrogen and oxygen atoms in total. The molecule has 3 aromatic rings. The van der Waals surface area contributed by atoms with Gasteiger partial charge in [0.25, 0.3) is 0 Å². The van der Waals surface area contributed by atoms with Crippen LogP contribution in [0.15, 0.2) is 60.7 Å². The molecule has 0 aliphatic carbocycles. The molecule has 0 saturated heterocycles. The van der Waals surface area contributed by atoms with Crippen LogP contribution in [0.5, 0.6) is 0 Å². The van der Waals surface area contributed by atoms with Gasteiger partial charge in [-0.05, 0) is 35.1 Å². The smallest absolute Gasteiger partial charge is 0.131 e. The zero-order valence-electron chi connectivity index (χ0n) is 11.2. The summed E-state index contributed by atoms with van der Waals surface area (Å²) in [7, 11) is 0. The van der Waals surface area contributed by atoms with Crippen LogP contribution in [0.1, 0.15) is 22.8 Å². The average molecular weight is 266 g/mol. The highest BCUT2D eigenvalue weighted by Crippen LogP contribution is 2.31. The Morgan fingerprint density at radius 3 is 2.20 bits per heavy atom. The van der Waals surface area contributed by atoms with E-state index >= 15 is 0 Å². The fourth-order valence-electron chi connectivity index (χ4n) is 2.59. The predicted molar refractivity (Wildman–Crippen MR) is 79.1 cm³/mol. The fourth-order valence-corrected chi connectivity index (χ4v) is 2.59. The Hall–Kier alpha value is -2.19. The molecule has 0 aromatic heterocycles. The van der Waals surface area contributed by atoms with Crippen LogP contribution in [-0.4, -0.2) is 5.11 Å². The molecule has 1 atom stereocenters. The minimum absolute atomic E-state index is 0.263. The molecule has 2 heteroatoms. The second kappa shape index (κ2) is 5.06. The minimum atomic E-state index is -0.748. The summed E-state index contributed by atoms with van der Waals surface area (Å²) in [6.45, 7) is 1.96. The first-order valence-electron chi connectivity index (χ1n) is 6.59. The van der Waals surface area contributed by atoms with Crippen LogP contribution in [-0.2, 0) is 0 Å². The Labute approximate surface area is 117 Å². The molecule has 0 radical (unpaired) electrons. The summed E-state index contributed by atoms with van der Waals surface area (Å²) >= 11 is 0. The van der Waals surface area contributed by atoms with E-state index in [0.717, 1.165) is 22.1 Å². The fraction of sp³-hybridized carbons (Fsp3) is 0.111. The van der Waals surface area contributed by atoms with Crippen molar-refractivity contribution >= 4 is 10.8 Å². The third-order valence-corrected chi connectivity index (χ3v) is 3.68. The van der Waals surface area contributed by atoms with Gasteiger partial charge in [0.05, 0.1) is 0 Å². The first kappa shape index (κ1) is 12.8. The lowest BCUT2D eigenvalue weighted by molar-refractivity contribution is 0.221. The second-order valence-corrected chi connectivity index (χ2v) is 4.94. The van der Waals surface area contributed by atoms with Crippen molar-refractivity contribution in [1.82, 2.24) is 0 Å². The zero-order chi connectivity index (χ0) is 14.1. The van der Waals surface area contributed by atoms with Crippen molar-refractivity contribution in [2.75, 3.05) is 0 Å². The van der Waals surface area contributed by atoms with Crippen molar-refractivity contribution in [1.29, 1.82) is 0 Å². The highest BCUT2D eigenvalue weighted by molar-refractivity contribution is 5.87. The molecule has 0 bridgehead atoms. The first-order chi connectivity index (χ1) is 9.68. The monoisotopic (exact) mass is 266 g/mol. The Kier molecular flexibility index (Phi) is 3.25. The third-order valence-electron chi connectivity index (χ3n) is 3.68. The van der Waals surface area contributed by atoms with Gasteiger partial charge in [-0.15, -0.1) is 0 Å². The topological polar surface area (TPSA) is 20.2 Å². The van der Waals surface area contributed by atoms with E-state index in [2.05, 4.69) is 0 Å². The molecular formula is C18H15FO. The lowest BCUT2D eigenvalue weighted by atomic mass is 9.93. The van der Waals surface area contributed by atoms with Gasteiger partial charge in [0.15, 0.2) is 0 Å². The van der Waals surface area contributed by atoms with Gasteiger partial charge in [0.1, 0.15) is 11.9 Å². The largest absolute Gasteiger partial charge is 0.384 e. The molecule has 0 saturated carbocycles. The molecule has 20 heavy (non-hydrogen) atoms. The van der Waals surface area contributed by atoms with Gasteiger partial charge >= 0.3 is 0 Å². The molecule has 3 aromatic carbocycles. The van der Waals surface area contributed by atoms with E-state index in [9.17, 15) is 9.50 Å². The van der Waals surface area contributed by atoms with Crippen molar-refractivity contribution in [3.8, 4) is 0 Å². The standard InChI is InChI=1S/C18H15FO/c1-12-6-2-3-7-13(12)18(20)16-10-11-17(19)15-9-5-4-8-14(15)16/h2-11,18,20H,1H3. The number of benzene rings is 3. The SMILES string of the molecule is Cc1ccccc1C(O)c1ccc(F)c2ccccc12. The number of hydrogen-bond donors (Lipinski definition) is 1. The molecule has 3 rings (SSSR count). The maximum atomic E-state index is 13.8. The van der Waals surface area contributed by atoms with Crippen molar-refractivity contribution in [2.45, 2.75) is 13.0 Å². The summed E-state index contributed by atoms with van der Waals surface area (Å²) in [5.74, 6) is -0.263. The normalized spacial score (nSPS) is 12.6. The van der Waals surface area contributed by atoms with Crippen molar-refractivity contribution in [2.24, 2.45) is 0 Å². The van der Waals surface area contributed by atoms with Crippen LogP contribution >= 0.6 is 0 Å². The quantitative estimate of drug-likeness (QED) is 0.730. The van der Waals surface area contributed by atoms with Gasteiger partial charge in [-0.25, -0.2) is 4.39 Å². The lowest BCUT2D eigenvalue weighted by Crippen LogP contribution is -2.03. The molecule has 1 unspecified atom stereocenters. The van der Waals surface area contributed by atoms with Gasteiger partial charge in [-0.1, -0.05) is 54.6 Å². The van der Waals surface area contributed by atoms with Crippen molar-refractivity contribution < 1.29 is 9.50 Å². The number of halogens is 1. The molecular weight excluding hydrogens is 251 g/mol. The number of rotatable bonds is 2. The summed E-state index contributed by atoms with van der Waals surface area (Å²) < 4.78 is 13.8. The van der Waals surface area contributed by atoms with Crippen LogP contribution < -0.4 is 0 Å². The van der Waals surface area contributed by atoms with E-state index in [1.165, 1.54) is 6.07 Å². The van der Waals surface area contributed by atoms with Gasteiger partial charge in [-0.2, -0.15) is 0 Å². The number of fused-ring (bicyclic) bond motifs is 1. The number of aryl methyl sites for hydroxylation is 1. The summed E-state index contributed by atoms with van der Waals surface area (Å²) in [5, 5.41) is 11.9. The molecule has 1 N–H and O–H groups in total. The van der Waals surface area contributed by atoms with Gasteiger partial charge in [0.2, 0.25) is 0 Å². The number of aliphatic hydroxyl groups excluding tert-OH is 1. The molecule has 0 fully saturated rings. The molecule has 0 aliphatic heterocycles. The van der Waals surface area contributed by atoms with E-state index < -0.39 is 6.10 Å². The number of aliphatic hydroxyl groups is 1. The minimum Gasteiger partial charge on any atom is -0.384 e. The van der Waals surface area contributed by atoms with E-state index in [1.54, 1.807) is 18.2 Å². The Balaban J connectivity index is 2.20. The molecule has 100 valence electrons. The predicted octanol–water partition coefficient (Wildman–Crippen LogP) is 4.37. The van der Waals surface area contributed by atoms with Gasteiger partial charge in [0, 0.05) is 5.39 Å². The van der Waals surface area contributed by atoms with Crippen LogP contribution in [0.3, 0.4) is 0 Å². The van der Waals surface area contributed by atoms with Crippen molar-refractivity contribution in [3.63, 3.8) is 0 Å². The van der Waals surface area contributed by atoms with Gasteiger partial charge in [-0.3, -0.25) is 0 Å². The Morgan fingerprint density at radius 1 is 0.800 bits per heavy atom. The summed E-state index contributed by atoms with van der Waals surface area (Å²) in [5.41, 5.74) is 2.61. The zero-order valence-corrected chi connectivity index (χ0v) is 11.2. The van der Waals surface area contributed by atoms with Crippen molar-refractivity contribution in [3.05, 3.63) is 83.2 Å². The summed E-state index contributed by atoms with van der Waals surface area (Å²) in [6.07, 6.45) is -0.748. The highest BCUT2D eigenvalue weighted by atomic mass is 19.1.